The van der Waals surface area contributed by atoms with Crippen molar-refractivity contribution in [1.29, 1.82) is 0 Å². The van der Waals surface area contributed by atoms with Gasteiger partial charge >= 0.3 is 0 Å². The third-order valence-electron chi connectivity index (χ3n) is 1.13. The predicted octanol–water partition coefficient (Wildman–Crippen LogP) is 0.205. The zero-order valence-corrected chi connectivity index (χ0v) is 7.11. The van der Waals surface area contributed by atoms with Crippen molar-refractivity contribution in [3.8, 4) is 0 Å². The maximum Gasteiger partial charge on any atom is 0.267 e. The third kappa shape index (κ3) is 1.74. The summed E-state index contributed by atoms with van der Waals surface area (Å²) in [6.07, 6.45) is 3.36. The maximum atomic E-state index is 11.1. The Morgan fingerprint density at radius 2 is 2.45 bits per heavy atom. The van der Waals surface area contributed by atoms with Gasteiger partial charge in [0, 0.05) is 6.20 Å². The summed E-state index contributed by atoms with van der Waals surface area (Å²) in [6.45, 7) is 0.0469. The molecule has 0 bridgehead atoms. The molecule has 0 spiro atoms. The van der Waals surface area contributed by atoms with E-state index in [1.807, 2.05) is 0 Å². The van der Waals surface area contributed by atoms with Crippen molar-refractivity contribution >= 4 is 22.2 Å². The number of carbonyl (C=O) groups excluding carboxylic acids is 1. The predicted molar refractivity (Wildman–Crippen MR) is 42.3 cm³/mol. The fourth-order valence-electron chi connectivity index (χ4n) is 0.634. The molecule has 0 aliphatic carbocycles. The lowest BCUT2D eigenvalue weighted by Crippen LogP contribution is -2.21. The second kappa shape index (κ2) is 3.43. The molecular weight excluding hydrogens is 212 g/mol. The second-order valence-electron chi connectivity index (χ2n) is 1.87. The highest BCUT2D eigenvalue weighted by molar-refractivity contribution is 9.10. The average molecular weight is 217 g/mol. The van der Waals surface area contributed by atoms with Crippen LogP contribution < -0.4 is 5.56 Å². The summed E-state index contributed by atoms with van der Waals surface area (Å²) >= 11 is 3.00. The summed E-state index contributed by atoms with van der Waals surface area (Å²) in [7, 11) is 0. The van der Waals surface area contributed by atoms with Crippen molar-refractivity contribution in [2.45, 2.75) is 6.54 Å². The van der Waals surface area contributed by atoms with Crippen LogP contribution in [-0.2, 0) is 11.3 Å². The van der Waals surface area contributed by atoms with Crippen LogP contribution >= 0.6 is 15.9 Å². The Balaban J connectivity index is 3.16. The van der Waals surface area contributed by atoms with Gasteiger partial charge in [-0.3, -0.25) is 9.36 Å². The number of carbonyl (C=O) groups is 1. The fraction of sp³-hybridized carbons (Fsp3) is 0.167. The Morgan fingerprint density at radius 1 is 1.73 bits per heavy atom. The minimum atomic E-state index is -0.243. The zero-order chi connectivity index (χ0) is 8.27. The number of aromatic nitrogens is 2. The molecule has 58 valence electrons. The highest BCUT2D eigenvalue weighted by atomic mass is 79.9. The van der Waals surface area contributed by atoms with E-state index in [1.165, 1.54) is 17.1 Å². The van der Waals surface area contributed by atoms with Crippen LogP contribution in [0.4, 0.5) is 0 Å². The minimum Gasteiger partial charge on any atom is -0.301 e. The van der Waals surface area contributed by atoms with E-state index >= 15 is 0 Å². The van der Waals surface area contributed by atoms with E-state index in [4.69, 9.17) is 0 Å². The first-order valence-electron chi connectivity index (χ1n) is 2.89. The minimum absolute atomic E-state index is 0.0469. The molecule has 11 heavy (non-hydrogen) atoms. The molecule has 1 rings (SSSR count). The van der Waals surface area contributed by atoms with Crippen LogP contribution in [0.25, 0.3) is 0 Å². The number of aldehydes is 1. The third-order valence-corrected chi connectivity index (χ3v) is 1.67. The molecule has 0 amide bonds. The van der Waals surface area contributed by atoms with Crippen LogP contribution in [0.1, 0.15) is 0 Å². The molecule has 0 aliphatic rings. The Kier molecular flexibility index (Phi) is 2.53. The van der Waals surface area contributed by atoms with Crippen molar-refractivity contribution < 1.29 is 4.79 Å². The summed E-state index contributed by atoms with van der Waals surface area (Å²) in [5.41, 5.74) is -0.243. The van der Waals surface area contributed by atoms with Gasteiger partial charge in [-0.25, -0.2) is 4.98 Å². The van der Waals surface area contributed by atoms with Crippen LogP contribution in [0.2, 0.25) is 0 Å². The average Bonchev–Trinajstić information content (AvgIpc) is 1.99. The Labute approximate surface area is 71.0 Å². The summed E-state index contributed by atoms with van der Waals surface area (Å²) < 4.78 is 1.58. The molecule has 0 N–H and O–H groups in total. The number of nitrogens with zero attached hydrogens (tertiary/aromatic N) is 2. The van der Waals surface area contributed by atoms with E-state index in [1.54, 1.807) is 0 Å². The molecule has 4 nitrogen and oxygen atoms in total. The van der Waals surface area contributed by atoms with E-state index in [-0.39, 0.29) is 12.1 Å². The lowest BCUT2D eigenvalue weighted by Gasteiger charge is -1.97. The van der Waals surface area contributed by atoms with Gasteiger partial charge in [0.05, 0.1) is 12.9 Å². The Hall–Kier alpha value is -0.970. The quantitative estimate of drug-likeness (QED) is 0.665. The van der Waals surface area contributed by atoms with Crippen LogP contribution in [0.15, 0.2) is 21.8 Å². The van der Waals surface area contributed by atoms with Crippen molar-refractivity contribution in [1.82, 2.24) is 9.55 Å². The smallest absolute Gasteiger partial charge is 0.267 e. The highest BCUT2D eigenvalue weighted by Crippen LogP contribution is 1.97. The van der Waals surface area contributed by atoms with Gasteiger partial charge in [0.15, 0.2) is 0 Å². The monoisotopic (exact) mass is 216 g/mol. The molecule has 5 heteroatoms. The first-order chi connectivity index (χ1) is 5.25. The van der Waals surface area contributed by atoms with Gasteiger partial charge in [0.25, 0.3) is 5.56 Å². The van der Waals surface area contributed by atoms with Crippen LogP contribution in [-0.4, -0.2) is 15.8 Å². The van der Waals surface area contributed by atoms with E-state index in [2.05, 4.69) is 20.9 Å². The second-order valence-corrected chi connectivity index (χ2v) is 2.72. The van der Waals surface area contributed by atoms with Crippen molar-refractivity contribution in [3.05, 3.63) is 27.4 Å². The molecule has 0 atom stereocenters. The number of hydrogen-bond donors (Lipinski definition) is 0. The zero-order valence-electron chi connectivity index (χ0n) is 5.53. The van der Waals surface area contributed by atoms with Crippen LogP contribution in [0.5, 0.6) is 0 Å². The summed E-state index contributed by atoms with van der Waals surface area (Å²) in [6, 6.07) is 0. The van der Waals surface area contributed by atoms with Crippen LogP contribution in [0, 0.1) is 0 Å². The first kappa shape index (κ1) is 8.13. The summed E-state index contributed by atoms with van der Waals surface area (Å²) in [4.78, 5) is 24.8. The molecule has 0 radical (unpaired) electrons. The largest absolute Gasteiger partial charge is 0.301 e. The first-order valence-corrected chi connectivity index (χ1v) is 3.68. The van der Waals surface area contributed by atoms with E-state index in [9.17, 15) is 9.59 Å². The topological polar surface area (TPSA) is 52.0 Å². The van der Waals surface area contributed by atoms with E-state index < -0.39 is 0 Å². The summed E-state index contributed by atoms with van der Waals surface area (Å²) in [5.74, 6) is 0. The van der Waals surface area contributed by atoms with Crippen LogP contribution in [0.3, 0.4) is 0 Å². The molecule has 1 heterocycles. The molecule has 0 aliphatic heterocycles. The van der Waals surface area contributed by atoms with Gasteiger partial charge < -0.3 is 4.79 Å². The normalized spacial score (nSPS) is 9.55. The SMILES string of the molecule is O=CCn1cncc(Br)c1=O. The van der Waals surface area contributed by atoms with E-state index in [0.29, 0.717) is 10.8 Å². The molecule has 0 unspecified atom stereocenters. The van der Waals surface area contributed by atoms with Gasteiger partial charge in [0.1, 0.15) is 10.8 Å². The molecule has 1 aromatic rings. The molecular formula is C6H5BrN2O2. The number of rotatable bonds is 2. The molecule has 0 aromatic carbocycles. The van der Waals surface area contributed by atoms with Crippen molar-refractivity contribution in [2.24, 2.45) is 0 Å². The molecule has 1 aromatic heterocycles. The van der Waals surface area contributed by atoms with Gasteiger partial charge in [-0.1, -0.05) is 0 Å². The molecule has 0 saturated heterocycles. The maximum absolute atomic E-state index is 11.1. The number of halogens is 1. The lowest BCUT2D eigenvalue weighted by atomic mass is 10.6. The van der Waals surface area contributed by atoms with Gasteiger partial charge in [0.2, 0.25) is 0 Å². The standard InChI is InChI=1S/C6H5BrN2O2/c7-5-3-8-4-9(1-2-10)6(5)11/h2-4H,1H2. The van der Waals surface area contributed by atoms with Gasteiger partial charge in [-0.2, -0.15) is 0 Å². The lowest BCUT2D eigenvalue weighted by molar-refractivity contribution is -0.108. The molecule has 0 saturated carbocycles. The number of hydrogen-bond acceptors (Lipinski definition) is 3. The Morgan fingerprint density at radius 3 is 3.09 bits per heavy atom. The summed E-state index contributed by atoms with van der Waals surface area (Å²) in [5, 5.41) is 0. The molecule has 0 fully saturated rings. The van der Waals surface area contributed by atoms with Gasteiger partial charge in [-0.05, 0) is 15.9 Å². The Bertz CT molecular complexity index is 321. The van der Waals surface area contributed by atoms with E-state index in [0.717, 1.165) is 0 Å². The van der Waals surface area contributed by atoms with Crippen molar-refractivity contribution in [2.75, 3.05) is 0 Å². The van der Waals surface area contributed by atoms with Gasteiger partial charge in [-0.15, -0.1) is 0 Å². The van der Waals surface area contributed by atoms with Crippen molar-refractivity contribution in [3.63, 3.8) is 0 Å². The highest BCUT2D eigenvalue weighted by Gasteiger charge is 1.97. The fourth-order valence-corrected chi connectivity index (χ4v) is 0.980.